The van der Waals surface area contributed by atoms with Gasteiger partial charge in [-0.15, -0.1) is 0 Å². The van der Waals surface area contributed by atoms with Gasteiger partial charge in [0.05, 0.1) is 6.61 Å². The molecule has 1 aliphatic rings. The monoisotopic (exact) mass is 563 g/mol. The summed E-state index contributed by atoms with van der Waals surface area (Å²) >= 11 is 0. The summed E-state index contributed by atoms with van der Waals surface area (Å²) in [7, 11) is 0. The maximum absolute atomic E-state index is 13.2. The van der Waals surface area contributed by atoms with Crippen molar-refractivity contribution < 1.29 is 14.1 Å². The Morgan fingerprint density at radius 2 is 1.83 bits per heavy atom. The van der Waals surface area contributed by atoms with E-state index in [1.807, 2.05) is 48.2 Å². The normalized spacial score (nSPS) is 13.7. The molecule has 0 bridgehead atoms. The summed E-state index contributed by atoms with van der Waals surface area (Å²) in [6.45, 7) is 7.10. The fraction of sp³-hybridized carbons (Fsp3) is 0.281. The van der Waals surface area contributed by atoms with E-state index in [9.17, 15) is 4.79 Å². The van der Waals surface area contributed by atoms with E-state index < -0.39 is 0 Å². The molecular weight excluding hydrogens is 530 g/mol. The molecule has 1 aliphatic heterocycles. The van der Waals surface area contributed by atoms with Crippen molar-refractivity contribution >= 4 is 28.6 Å². The third-order valence-electron chi connectivity index (χ3n) is 7.28. The van der Waals surface area contributed by atoms with Gasteiger partial charge in [-0.05, 0) is 62.2 Å². The summed E-state index contributed by atoms with van der Waals surface area (Å²) in [5.74, 6) is 2.19. The molecule has 0 unspecified atom stereocenters. The average molecular weight is 564 g/mol. The minimum absolute atomic E-state index is 0.130. The van der Waals surface area contributed by atoms with E-state index in [2.05, 4.69) is 51.5 Å². The van der Waals surface area contributed by atoms with E-state index in [0.717, 1.165) is 46.7 Å². The van der Waals surface area contributed by atoms with Gasteiger partial charge in [-0.25, -0.2) is 9.78 Å². The summed E-state index contributed by atoms with van der Waals surface area (Å²) in [5, 5.41) is 8.15. The molecule has 214 valence electrons. The Hall–Kier alpha value is -4.99. The summed E-state index contributed by atoms with van der Waals surface area (Å²) in [6.07, 6.45) is 4.83. The molecule has 42 heavy (non-hydrogen) atoms. The lowest BCUT2D eigenvalue weighted by Crippen LogP contribution is -2.38. The largest absolute Gasteiger partial charge is 0.494 e. The number of carbonyl (C=O) groups is 1. The third-order valence-corrected chi connectivity index (χ3v) is 7.28. The second kappa shape index (κ2) is 12.3. The first-order valence-electron chi connectivity index (χ1n) is 14.2. The smallest absolute Gasteiger partial charge is 0.321 e. The van der Waals surface area contributed by atoms with Crippen LogP contribution in [0.5, 0.6) is 5.75 Å². The van der Waals surface area contributed by atoms with Crippen molar-refractivity contribution in [2.45, 2.75) is 26.7 Å². The number of nitrogens with zero attached hydrogens (tertiary/aromatic N) is 6. The quantitative estimate of drug-likeness (QED) is 0.268. The zero-order chi connectivity index (χ0) is 28.9. The molecule has 3 aromatic heterocycles. The highest BCUT2D eigenvalue weighted by atomic mass is 16.5. The number of hydrogen-bond donors (Lipinski definition) is 1. The molecule has 10 heteroatoms. The maximum atomic E-state index is 13.2. The van der Waals surface area contributed by atoms with Crippen LogP contribution in [-0.4, -0.2) is 63.8 Å². The first kappa shape index (κ1) is 27.2. The Morgan fingerprint density at radius 1 is 1.00 bits per heavy atom. The Morgan fingerprint density at radius 3 is 2.60 bits per heavy atom. The number of aryl methyl sites for hydroxylation is 1. The molecule has 6 rings (SSSR count). The van der Waals surface area contributed by atoms with Crippen LogP contribution in [0.3, 0.4) is 0 Å². The third kappa shape index (κ3) is 6.02. The van der Waals surface area contributed by atoms with Gasteiger partial charge in [0.15, 0.2) is 0 Å². The molecule has 1 N–H and O–H groups in total. The van der Waals surface area contributed by atoms with E-state index in [1.54, 1.807) is 12.4 Å². The summed E-state index contributed by atoms with van der Waals surface area (Å²) < 4.78 is 11.3. The highest BCUT2D eigenvalue weighted by Gasteiger charge is 2.26. The second-order valence-electron chi connectivity index (χ2n) is 10.3. The Balaban J connectivity index is 1.26. The van der Waals surface area contributed by atoms with E-state index in [0.29, 0.717) is 49.9 Å². The predicted octanol–water partition coefficient (Wildman–Crippen LogP) is 5.72. The van der Waals surface area contributed by atoms with Crippen molar-refractivity contribution in [2.75, 3.05) is 43.0 Å². The molecule has 0 saturated carbocycles. The number of hydrogen-bond acceptors (Lipinski definition) is 8. The van der Waals surface area contributed by atoms with Gasteiger partial charge in [-0.2, -0.15) is 4.98 Å². The summed E-state index contributed by atoms with van der Waals surface area (Å²) in [4.78, 5) is 31.3. The number of aromatic nitrogens is 4. The lowest BCUT2D eigenvalue weighted by atomic mass is 10.1. The van der Waals surface area contributed by atoms with Crippen LogP contribution in [0.4, 0.5) is 16.3 Å². The molecule has 1 fully saturated rings. The Bertz CT molecular complexity index is 1650. The van der Waals surface area contributed by atoms with Crippen LogP contribution in [0.1, 0.15) is 30.3 Å². The van der Waals surface area contributed by atoms with Crippen molar-refractivity contribution in [3.05, 3.63) is 90.0 Å². The van der Waals surface area contributed by atoms with Crippen LogP contribution in [0, 0.1) is 6.92 Å². The first-order valence-corrected chi connectivity index (χ1v) is 14.2. The van der Waals surface area contributed by atoms with Gasteiger partial charge < -0.3 is 24.4 Å². The summed E-state index contributed by atoms with van der Waals surface area (Å²) in [6, 6.07) is 19.5. The molecular formula is C32H33N7O3. The molecule has 0 radical (unpaired) electrons. The van der Waals surface area contributed by atoms with Crippen LogP contribution in [0.2, 0.25) is 0 Å². The van der Waals surface area contributed by atoms with Gasteiger partial charge in [0.25, 0.3) is 5.71 Å². The number of carbonyl (C=O) groups excluding carboxylic acids is 1. The fourth-order valence-corrected chi connectivity index (χ4v) is 5.11. The maximum Gasteiger partial charge on any atom is 0.321 e. The fourth-order valence-electron chi connectivity index (χ4n) is 5.11. The molecule has 10 nitrogen and oxygen atoms in total. The number of anilines is 2. The van der Waals surface area contributed by atoms with Crippen molar-refractivity contribution in [3.63, 3.8) is 0 Å². The van der Waals surface area contributed by atoms with Crippen molar-refractivity contribution in [3.8, 4) is 17.0 Å². The molecule has 2 aromatic carbocycles. The first-order chi connectivity index (χ1) is 20.6. The predicted molar refractivity (Wildman–Crippen MR) is 162 cm³/mol. The molecule has 5 aromatic rings. The van der Waals surface area contributed by atoms with Gasteiger partial charge in [-0.1, -0.05) is 35.0 Å². The van der Waals surface area contributed by atoms with Crippen molar-refractivity contribution in [1.29, 1.82) is 0 Å². The number of ether oxygens (including phenoxy) is 1. The standard InChI is InChI=1S/C32H33N7O3/c1-3-41-26-13-11-25(12-14-26)34-32(40)39-17-5-16-38(18-19-39)30-28-29(24-6-4-15-33-21-24)37-42-31(28)36-27(35-30)20-23-9-7-22(2)8-10-23/h4,6-15,21H,3,5,16-20H2,1-2H3,(H,34,40). The molecule has 0 aliphatic carbocycles. The summed E-state index contributed by atoms with van der Waals surface area (Å²) in [5.41, 5.74) is 4.98. The number of rotatable bonds is 7. The molecule has 4 heterocycles. The lowest BCUT2D eigenvalue weighted by Gasteiger charge is -2.24. The van der Waals surface area contributed by atoms with E-state index >= 15 is 0 Å². The number of fused-ring (bicyclic) bond motifs is 1. The van der Waals surface area contributed by atoms with Crippen molar-refractivity contribution in [2.24, 2.45) is 0 Å². The number of pyridine rings is 1. The minimum atomic E-state index is -0.130. The molecule has 2 amide bonds. The van der Waals surface area contributed by atoms with Crippen LogP contribution >= 0.6 is 0 Å². The van der Waals surface area contributed by atoms with Crippen molar-refractivity contribution in [1.82, 2.24) is 25.0 Å². The van der Waals surface area contributed by atoms with Gasteiger partial charge in [0, 0.05) is 56.2 Å². The van der Waals surface area contributed by atoms with E-state index in [1.165, 1.54) is 5.56 Å². The highest BCUT2D eigenvalue weighted by Crippen LogP contribution is 2.34. The number of nitrogens with one attached hydrogen (secondary N) is 1. The Labute approximate surface area is 244 Å². The number of urea groups is 1. The zero-order valence-electron chi connectivity index (χ0n) is 23.8. The van der Waals surface area contributed by atoms with Crippen LogP contribution < -0.4 is 15.0 Å². The van der Waals surface area contributed by atoms with Crippen LogP contribution in [0.25, 0.3) is 22.4 Å². The van der Waals surface area contributed by atoms with E-state index in [-0.39, 0.29) is 6.03 Å². The van der Waals surface area contributed by atoms with Gasteiger partial charge in [0.2, 0.25) is 0 Å². The second-order valence-corrected chi connectivity index (χ2v) is 10.3. The van der Waals surface area contributed by atoms with Gasteiger partial charge >= 0.3 is 6.03 Å². The average Bonchev–Trinajstić information content (AvgIpc) is 3.28. The SMILES string of the molecule is CCOc1ccc(NC(=O)N2CCCN(c3nc(Cc4ccc(C)cc4)nc4onc(-c5cccnc5)c34)CC2)cc1. The minimum Gasteiger partial charge on any atom is -0.494 e. The zero-order valence-corrected chi connectivity index (χ0v) is 23.8. The topological polar surface area (TPSA) is 110 Å². The molecule has 0 atom stereocenters. The van der Waals surface area contributed by atoms with Gasteiger partial charge in [-0.3, -0.25) is 4.98 Å². The van der Waals surface area contributed by atoms with Crippen LogP contribution in [0.15, 0.2) is 77.6 Å². The highest BCUT2D eigenvalue weighted by molar-refractivity contribution is 5.98. The van der Waals surface area contributed by atoms with Crippen LogP contribution in [-0.2, 0) is 6.42 Å². The number of amides is 2. The number of benzene rings is 2. The Kier molecular flexibility index (Phi) is 7.94. The molecule has 1 saturated heterocycles. The molecule has 0 spiro atoms. The van der Waals surface area contributed by atoms with Gasteiger partial charge in [0.1, 0.15) is 28.5 Å². The van der Waals surface area contributed by atoms with E-state index in [4.69, 9.17) is 19.2 Å². The lowest BCUT2D eigenvalue weighted by molar-refractivity contribution is 0.215.